The van der Waals surface area contributed by atoms with E-state index in [2.05, 4.69) is 30.3 Å². The van der Waals surface area contributed by atoms with Crippen LogP contribution in [0, 0.1) is 0 Å². The van der Waals surface area contributed by atoms with Gasteiger partial charge in [0.25, 0.3) is 0 Å². The van der Waals surface area contributed by atoms with Gasteiger partial charge in [0.15, 0.2) is 11.8 Å². The number of guanidine groups is 1. The van der Waals surface area contributed by atoms with Crippen molar-refractivity contribution in [2.24, 2.45) is 4.99 Å². The Bertz CT molecular complexity index is 614. The van der Waals surface area contributed by atoms with Gasteiger partial charge in [-0.1, -0.05) is 5.16 Å². The molecule has 1 unspecified atom stereocenters. The Balaban J connectivity index is 0.00000312. The lowest BCUT2D eigenvalue weighted by atomic mass is 10.4. The highest BCUT2D eigenvalue weighted by Crippen LogP contribution is 2.12. The third kappa shape index (κ3) is 7.43. The van der Waals surface area contributed by atoms with Crippen LogP contribution in [0.15, 0.2) is 34.0 Å². The molecule has 0 aromatic carbocycles. The molecular formula is C16H27IN6O2. The summed E-state index contributed by atoms with van der Waals surface area (Å²) in [5.74, 6) is 1.74. The Hall–Kier alpha value is -1.62. The van der Waals surface area contributed by atoms with E-state index in [4.69, 9.17) is 9.26 Å². The van der Waals surface area contributed by atoms with Crippen LogP contribution in [0.5, 0.6) is 0 Å². The molecule has 2 aromatic heterocycles. The minimum atomic E-state index is -0.176. The summed E-state index contributed by atoms with van der Waals surface area (Å²) in [5, 5.41) is 10.4. The van der Waals surface area contributed by atoms with Crippen molar-refractivity contribution in [2.75, 3.05) is 19.7 Å². The van der Waals surface area contributed by atoms with E-state index < -0.39 is 0 Å². The lowest BCUT2D eigenvalue weighted by Crippen LogP contribution is -2.38. The highest BCUT2D eigenvalue weighted by molar-refractivity contribution is 14.0. The highest BCUT2D eigenvalue weighted by atomic mass is 127. The van der Waals surface area contributed by atoms with E-state index >= 15 is 0 Å². The van der Waals surface area contributed by atoms with Crippen molar-refractivity contribution in [2.45, 2.75) is 40.0 Å². The molecular weight excluding hydrogens is 435 g/mol. The van der Waals surface area contributed by atoms with E-state index in [0.717, 1.165) is 25.6 Å². The van der Waals surface area contributed by atoms with Crippen LogP contribution in [0.2, 0.25) is 0 Å². The van der Waals surface area contributed by atoms with E-state index in [1.54, 1.807) is 0 Å². The van der Waals surface area contributed by atoms with Gasteiger partial charge in [-0.05, 0) is 32.9 Å². The van der Waals surface area contributed by atoms with Crippen LogP contribution in [0.3, 0.4) is 0 Å². The first-order valence-electron chi connectivity index (χ1n) is 8.30. The maximum absolute atomic E-state index is 5.45. The summed E-state index contributed by atoms with van der Waals surface area (Å²) in [5.41, 5.74) is 0. The van der Waals surface area contributed by atoms with Gasteiger partial charge in [0.1, 0.15) is 12.6 Å². The fourth-order valence-corrected chi connectivity index (χ4v) is 2.13. The molecule has 0 aliphatic heterocycles. The van der Waals surface area contributed by atoms with Crippen molar-refractivity contribution < 1.29 is 9.26 Å². The fourth-order valence-electron chi connectivity index (χ4n) is 2.13. The second-order valence-corrected chi connectivity index (χ2v) is 5.19. The molecule has 25 heavy (non-hydrogen) atoms. The number of ether oxygens (including phenoxy) is 1. The number of hydrogen-bond donors (Lipinski definition) is 2. The van der Waals surface area contributed by atoms with Crippen molar-refractivity contribution in [3.05, 3.63) is 36.2 Å². The molecule has 0 aliphatic rings. The zero-order valence-corrected chi connectivity index (χ0v) is 17.3. The topological polar surface area (TPSA) is 89.5 Å². The monoisotopic (exact) mass is 462 g/mol. The number of aromatic nitrogens is 3. The number of rotatable bonds is 9. The van der Waals surface area contributed by atoms with E-state index in [9.17, 15) is 0 Å². The Kier molecular flexibility index (Phi) is 10.2. The predicted molar refractivity (Wildman–Crippen MR) is 107 cm³/mol. The van der Waals surface area contributed by atoms with Gasteiger partial charge in [-0.25, -0.2) is 4.99 Å². The number of nitrogens with zero attached hydrogens (tertiary/aromatic N) is 4. The van der Waals surface area contributed by atoms with Gasteiger partial charge in [-0.3, -0.25) is 0 Å². The molecule has 0 bridgehead atoms. The standard InChI is InChI=1S/C16H26N6O2.HI/c1-4-17-16(18-8-11-22-9-6-7-10-22)19-12-14-20-15(21-24-14)13(3)23-5-2;/h6-7,9-10,13H,4-5,8,11-12H2,1-3H3,(H2,17,18,19);1H. The summed E-state index contributed by atoms with van der Waals surface area (Å²) in [6.07, 6.45) is 3.89. The molecule has 1 atom stereocenters. The largest absolute Gasteiger partial charge is 0.371 e. The first-order chi connectivity index (χ1) is 11.7. The van der Waals surface area contributed by atoms with Crippen molar-refractivity contribution in [3.8, 4) is 0 Å². The van der Waals surface area contributed by atoms with Gasteiger partial charge in [-0.2, -0.15) is 4.98 Å². The Morgan fingerprint density at radius 2 is 2.08 bits per heavy atom. The molecule has 0 fully saturated rings. The van der Waals surface area contributed by atoms with Gasteiger partial charge in [0.2, 0.25) is 5.89 Å². The predicted octanol–water partition coefficient (Wildman–Crippen LogP) is 2.34. The lowest BCUT2D eigenvalue weighted by molar-refractivity contribution is 0.0683. The average molecular weight is 462 g/mol. The van der Waals surface area contributed by atoms with E-state index in [0.29, 0.717) is 24.9 Å². The summed E-state index contributed by atoms with van der Waals surface area (Å²) in [6, 6.07) is 4.02. The van der Waals surface area contributed by atoms with Gasteiger partial charge < -0.3 is 24.5 Å². The molecule has 9 heteroatoms. The van der Waals surface area contributed by atoms with Crippen molar-refractivity contribution >= 4 is 29.9 Å². The lowest BCUT2D eigenvalue weighted by Gasteiger charge is -2.11. The van der Waals surface area contributed by atoms with Crippen LogP contribution >= 0.6 is 24.0 Å². The van der Waals surface area contributed by atoms with E-state index in [1.165, 1.54) is 0 Å². The van der Waals surface area contributed by atoms with Crippen molar-refractivity contribution in [3.63, 3.8) is 0 Å². The Morgan fingerprint density at radius 1 is 1.32 bits per heavy atom. The third-order valence-electron chi connectivity index (χ3n) is 3.31. The SMILES string of the molecule is CCNC(=NCc1nc(C(C)OCC)no1)NCCn1cccc1.I. The number of aliphatic imine (C=N–C) groups is 1. The molecule has 140 valence electrons. The smallest absolute Gasteiger partial charge is 0.248 e. The first kappa shape index (κ1) is 21.4. The molecule has 0 saturated carbocycles. The second kappa shape index (κ2) is 11.9. The van der Waals surface area contributed by atoms with Gasteiger partial charge in [-0.15, -0.1) is 24.0 Å². The van der Waals surface area contributed by atoms with E-state index in [-0.39, 0.29) is 30.1 Å². The molecule has 2 aromatic rings. The van der Waals surface area contributed by atoms with Crippen LogP contribution in [-0.4, -0.2) is 40.4 Å². The minimum absolute atomic E-state index is 0. The first-order valence-corrected chi connectivity index (χ1v) is 8.30. The van der Waals surface area contributed by atoms with Gasteiger partial charge in [0, 0.05) is 38.6 Å². The van der Waals surface area contributed by atoms with Gasteiger partial charge in [0.05, 0.1) is 0 Å². The molecule has 8 nitrogen and oxygen atoms in total. The Labute approximate surface area is 165 Å². The minimum Gasteiger partial charge on any atom is -0.371 e. The fraction of sp³-hybridized carbons (Fsp3) is 0.562. The zero-order chi connectivity index (χ0) is 17.2. The summed E-state index contributed by atoms with van der Waals surface area (Å²) in [7, 11) is 0. The van der Waals surface area contributed by atoms with Crippen molar-refractivity contribution in [1.29, 1.82) is 0 Å². The summed E-state index contributed by atoms with van der Waals surface area (Å²) in [4.78, 5) is 8.78. The quantitative estimate of drug-likeness (QED) is 0.338. The van der Waals surface area contributed by atoms with Crippen LogP contribution in [0.1, 0.15) is 38.6 Å². The summed E-state index contributed by atoms with van der Waals surface area (Å²) in [6.45, 7) is 9.22. The molecule has 0 amide bonds. The Morgan fingerprint density at radius 3 is 2.76 bits per heavy atom. The molecule has 0 saturated heterocycles. The van der Waals surface area contributed by atoms with Crippen LogP contribution in [0.4, 0.5) is 0 Å². The number of hydrogen-bond acceptors (Lipinski definition) is 5. The second-order valence-electron chi connectivity index (χ2n) is 5.19. The normalized spacial score (nSPS) is 12.5. The highest BCUT2D eigenvalue weighted by Gasteiger charge is 2.13. The molecule has 2 heterocycles. The van der Waals surface area contributed by atoms with Crippen molar-refractivity contribution in [1.82, 2.24) is 25.3 Å². The number of halogens is 1. The van der Waals surface area contributed by atoms with Gasteiger partial charge >= 0.3 is 0 Å². The molecule has 2 rings (SSSR count). The van der Waals surface area contributed by atoms with Crippen LogP contribution in [-0.2, 0) is 17.8 Å². The summed E-state index contributed by atoms with van der Waals surface area (Å²) >= 11 is 0. The van der Waals surface area contributed by atoms with Crippen LogP contribution < -0.4 is 10.6 Å². The zero-order valence-electron chi connectivity index (χ0n) is 14.9. The average Bonchev–Trinajstić information content (AvgIpc) is 3.24. The summed E-state index contributed by atoms with van der Waals surface area (Å²) < 4.78 is 12.8. The van der Waals surface area contributed by atoms with E-state index in [1.807, 2.05) is 45.3 Å². The maximum atomic E-state index is 5.45. The molecule has 2 N–H and O–H groups in total. The molecule has 0 aliphatic carbocycles. The molecule has 0 spiro atoms. The maximum Gasteiger partial charge on any atom is 0.248 e. The molecule has 0 radical (unpaired) electrons. The van der Waals surface area contributed by atoms with Crippen LogP contribution in [0.25, 0.3) is 0 Å². The number of nitrogens with one attached hydrogen (secondary N) is 2. The third-order valence-corrected chi connectivity index (χ3v) is 3.31.